The van der Waals surface area contributed by atoms with E-state index in [9.17, 15) is 4.79 Å². The summed E-state index contributed by atoms with van der Waals surface area (Å²) in [6.07, 6.45) is 0.129. The Morgan fingerprint density at radius 2 is 2.13 bits per heavy atom. The zero-order chi connectivity index (χ0) is 11.3. The number of hydrogen-bond acceptors (Lipinski definition) is 2. The summed E-state index contributed by atoms with van der Waals surface area (Å²) in [6, 6.07) is 7.58. The quantitative estimate of drug-likeness (QED) is 0.809. The zero-order valence-corrected chi connectivity index (χ0v) is 9.06. The van der Waals surface area contributed by atoms with Crippen LogP contribution in [-0.2, 0) is 4.79 Å². The standard InChI is InChI=1S/C12H16O3/c1-3-15-11-7-5-4-6-10(11)9(2)8-12(13)14/h4-7,9H,3,8H2,1-2H3,(H,13,14)/t9-/m1/s1. The predicted octanol–water partition coefficient (Wildman–Crippen LogP) is 2.66. The van der Waals surface area contributed by atoms with Crippen LogP contribution in [-0.4, -0.2) is 17.7 Å². The van der Waals surface area contributed by atoms with Gasteiger partial charge in [-0.1, -0.05) is 25.1 Å². The first kappa shape index (κ1) is 11.6. The molecule has 0 amide bonds. The number of carboxylic acids is 1. The summed E-state index contributed by atoms with van der Waals surface area (Å²) in [5.41, 5.74) is 0.960. The number of benzene rings is 1. The fraction of sp³-hybridized carbons (Fsp3) is 0.417. The third-order valence-corrected chi connectivity index (χ3v) is 2.23. The minimum atomic E-state index is -0.784. The van der Waals surface area contributed by atoms with Crippen molar-refractivity contribution in [2.75, 3.05) is 6.61 Å². The molecule has 0 heterocycles. The molecule has 0 fully saturated rings. The van der Waals surface area contributed by atoms with Crippen molar-refractivity contribution in [1.29, 1.82) is 0 Å². The van der Waals surface area contributed by atoms with Crippen molar-refractivity contribution in [3.8, 4) is 5.75 Å². The first-order chi connectivity index (χ1) is 7.15. The molecule has 0 spiro atoms. The maximum absolute atomic E-state index is 10.6. The number of carbonyl (C=O) groups is 1. The van der Waals surface area contributed by atoms with Gasteiger partial charge in [0.1, 0.15) is 5.75 Å². The lowest BCUT2D eigenvalue weighted by Gasteiger charge is -2.14. The Bertz CT molecular complexity index is 333. The van der Waals surface area contributed by atoms with E-state index in [1.54, 1.807) is 0 Å². The average molecular weight is 208 g/mol. The van der Waals surface area contributed by atoms with Crippen molar-refractivity contribution in [3.05, 3.63) is 29.8 Å². The highest BCUT2D eigenvalue weighted by molar-refractivity contribution is 5.68. The summed E-state index contributed by atoms with van der Waals surface area (Å²) >= 11 is 0. The van der Waals surface area contributed by atoms with E-state index in [-0.39, 0.29) is 12.3 Å². The second-order valence-electron chi connectivity index (χ2n) is 3.47. The van der Waals surface area contributed by atoms with Crippen molar-refractivity contribution in [1.82, 2.24) is 0 Å². The molecule has 1 atom stereocenters. The number of para-hydroxylation sites is 1. The van der Waals surface area contributed by atoms with Crippen LogP contribution in [0.3, 0.4) is 0 Å². The van der Waals surface area contributed by atoms with Gasteiger partial charge in [0.15, 0.2) is 0 Å². The largest absolute Gasteiger partial charge is 0.494 e. The van der Waals surface area contributed by atoms with E-state index in [1.165, 1.54) is 0 Å². The van der Waals surface area contributed by atoms with Gasteiger partial charge in [-0.25, -0.2) is 0 Å². The van der Waals surface area contributed by atoms with Gasteiger partial charge in [-0.05, 0) is 24.5 Å². The molecule has 3 heteroatoms. The maximum Gasteiger partial charge on any atom is 0.303 e. The average Bonchev–Trinajstić information content (AvgIpc) is 2.18. The van der Waals surface area contributed by atoms with Crippen LogP contribution in [0.4, 0.5) is 0 Å². The Morgan fingerprint density at radius 1 is 1.47 bits per heavy atom. The van der Waals surface area contributed by atoms with Crippen molar-refractivity contribution in [2.45, 2.75) is 26.2 Å². The molecule has 0 aromatic heterocycles. The molecule has 0 saturated carbocycles. The summed E-state index contributed by atoms with van der Waals surface area (Å²) in [6.45, 7) is 4.40. The van der Waals surface area contributed by atoms with E-state index in [4.69, 9.17) is 9.84 Å². The molecule has 0 aliphatic rings. The van der Waals surface area contributed by atoms with E-state index >= 15 is 0 Å². The monoisotopic (exact) mass is 208 g/mol. The fourth-order valence-corrected chi connectivity index (χ4v) is 1.55. The van der Waals surface area contributed by atoms with Crippen molar-refractivity contribution in [2.24, 2.45) is 0 Å². The van der Waals surface area contributed by atoms with Crippen LogP contribution in [0.5, 0.6) is 5.75 Å². The van der Waals surface area contributed by atoms with E-state index in [0.29, 0.717) is 6.61 Å². The van der Waals surface area contributed by atoms with Gasteiger partial charge >= 0.3 is 5.97 Å². The summed E-state index contributed by atoms with van der Waals surface area (Å²) < 4.78 is 5.45. The summed E-state index contributed by atoms with van der Waals surface area (Å²) in [5.74, 6) is -0.0206. The third kappa shape index (κ3) is 3.27. The Balaban J connectivity index is 2.86. The molecular formula is C12H16O3. The molecule has 0 aliphatic heterocycles. The van der Waals surface area contributed by atoms with Gasteiger partial charge in [0.25, 0.3) is 0 Å². The summed E-state index contributed by atoms with van der Waals surface area (Å²) in [7, 11) is 0. The molecule has 1 rings (SSSR count). The van der Waals surface area contributed by atoms with E-state index in [0.717, 1.165) is 11.3 Å². The molecule has 0 saturated heterocycles. The van der Waals surface area contributed by atoms with Crippen molar-refractivity contribution < 1.29 is 14.6 Å². The molecule has 0 unspecified atom stereocenters. The summed E-state index contributed by atoms with van der Waals surface area (Å²) in [5, 5.41) is 8.73. The lowest BCUT2D eigenvalue weighted by Crippen LogP contribution is -2.05. The third-order valence-electron chi connectivity index (χ3n) is 2.23. The molecule has 1 aromatic rings. The number of ether oxygens (including phenoxy) is 1. The van der Waals surface area contributed by atoms with Crippen LogP contribution >= 0.6 is 0 Å². The molecule has 0 bridgehead atoms. The lowest BCUT2D eigenvalue weighted by atomic mass is 9.97. The van der Waals surface area contributed by atoms with Crippen LogP contribution in [0.25, 0.3) is 0 Å². The second kappa shape index (κ2) is 5.39. The molecule has 0 aliphatic carbocycles. The van der Waals surface area contributed by atoms with Crippen LogP contribution in [0.1, 0.15) is 31.7 Å². The topological polar surface area (TPSA) is 46.5 Å². The van der Waals surface area contributed by atoms with Gasteiger partial charge in [0.05, 0.1) is 13.0 Å². The van der Waals surface area contributed by atoms with Gasteiger partial charge in [0.2, 0.25) is 0 Å². The van der Waals surface area contributed by atoms with E-state index in [1.807, 2.05) is 38.1 Å². The number of aliphatic carboxylic acids is 1. The van der Waals surface area contributed by atoms with E-state index in [2.05, 4.69) is 0 Å². The SMILES string of the molecule is CCOc1ccccc1[C@H](C)CC(=O)O. The lowest BCUT2D eigenvalue weighted by molar-refractivity contribution is -0.137. The molecule has 15 heavy (non-hydrogen) atoms. The first-order valence-corrected chi connectivity index (χ1v) is 5.08. The molecule has 1 N–H and O–H groups in total. The van der Waals surface area contributed by atoms with Crippen LogP contribution < -0.4 is 4.74 Å². The first-order valence-electron chi connectivity index (χ1n) is 5.08. The Kier molecular flexibility index (Phi) is 4.16. The van der Waals surface area contributed by atoms with Gasteiger partial charge < -0.3 is 9.84 Å². The van der Waals surface area contributed by atoms with Gasteiger partial charge in [-0.15, -0.1) is 0 Å². The zero-order valence-electron chi connectivity index (χ0n) is 9.06. The minimum Gasteiger partial charge on any atom is -0.494 e. The number of carboxylic acid groups (broad SMARTS) is 1. The normalized spacial score (nSPS) is 12.1. The van der Waals surface area contributed by atoms with Crippen molar-refractivity contribution >= 4 is 5.97 Å². The molecule has 0 radical (unpaired) electrons. The number of rotatable bonds is 5. The molecular weight excluding hydrogens is 192 g/mol. The molecule has 1 aromatic carbocycles. The van der Waals surface area contributed by atoms with Gasteiger partial charge in [-0.3, -0.25) is 4.79 Å². The minimum absolute atomic E-state index is 0.0229. The Labute approximate surface area is 89.7 Å². The maximum atomic E-state index is 10.6. The van der Waals surface area contributed by atoms with Gasteiger partial charge in [-0.2, -0.15) is 0 Å². The summed E-state index contributed by atoms with van der Waals surface area (Å²) in [4.78, 5) is 10.6. The smallest absolute Gasteiger partial charge is 0.303 e. The van der Waals surface area contributed by atoms with Crippen LogP contribution in [0.2, 0.25) is 0 Å². The van der Waals surface area contributed by atoms with E-state index < -0.39 is 5.97 Å². The molecule has 3 nitrogen and oxygen atoms in total. The van der Waals surface area contributed by atoms with Crippen LogP contribution in [0, 0.1) is 0 Å². The fourth-order valence-electron chi connectivity index (χ4n) is 1.55. The highest BCUT2D eigenvalue weighted by Crippen LogP contribution is 2.28. The second-order valence-corrected chi connectivity index (χ2v) is 3.47. The predicted molar refractivity (Wildman–Crippen MR) is 58.3 cm³/mol. The highest BCUT2D eigenvalue weighted by atomic mass is 16.5. The Morgan fingerprint density at radius 3 is 2.73 bits per heavy atom. The highest BCUT2D eigenvalue weighted by Gasteiger charge is 2.14. The Hall–Kier alpha value is -1.51. The van der Waals surface area contributed by atoms with Crippen molar-refractivity contribution in [3.63, 3.8) is 0 Å². The van der Waals surface area contributed by atoms with Gasteiger partial charge in [0, 0.05) is 0 Å². The van der Waals surface area contributed by atoms with Crippen LogP contribution in [0.15, 0.2) is 24.3 Å². The molecule has 82 valence electrons. The number of hydrogen-bond donors (Lipinski definition) is 1.